The highest BCUT2D eigenvalue weighted by molar-refractivity contribution is 14.1. The lowest BCUT2D eigenvalue weighted by Gasteiger charge is -2.11. The van der Waals surface area contributed by atoms with Crippen LogP contribution in [-0.2, 0) is 0 Å². The van der Waals surface area contributed by atoms with E-state index in [4.69, 9.17) is 5.73 Å². The van der Waals surface area contributed by atoms with E-state index < -0.39 is 0 Å². The van der Waals surface area contributed by atoms with Gasteiger partial charge in [0.05, 0.1) is 5.56 Å². The van der Waals surface area contributed by atoms with E-state index in [1.54, 1.807) is 6.07 Å². The molecule has 1 aromatic rings. The van der Waals surface area contributed by atoms with E-state index in [1.807, 2.05) is 25.1 Å². The highest BCUT2D eigenvalue weighted by Crippen LogP contribution is 2.11. The summed E-state index contributed by atoms with van der Waals surface area (Å²) < 4.78 is 0.951. The van der Waals surface area contributed by atoms with Crippen LogP contribution in [0.2, 0.25) is 0 Å². The first-order chi connectivity index (χ1) is 6.65. The Morgan fingerprint density at radius 3 is 2.67 bits per heavy atom. The van der Waals surface area contributed by atoms with Crippen LogP contribution < -0.4 is 11.1 Å². The Hall–Kier alpha value is -0.330. The van der Waals surface area contributed by atoms with E-state index in [9.17, 15) is 4.79 Å². The van der Waals surface area contributed by atoms with Gasteiger partial charge in [-0.25, -0.2) is 0 Å². The summed E-state index contributed by atoms with van der Waals surface area (Å²) in [6, 6.07) is 7.48. The number of rotatable bonds is 3. The van der Waals surface area contributed by atoms with Crippen LogP contribution in [0.1, 0.15) is 17.3 Å². The third kappa shape index (κ3) is 4.36. The summed E-state index contributed by atoms with van der Waals surface area (Å²) in [7, 11) is 0. The zero-order chi connectivity index (χ0) is 10.6. The summed E-state index contributed by atoms with van der Waals surface area (Å²) in [5.41, 5.74) is 6.12. The molecule has 0 saturated heterocycles. The second-order valence-electron chi connectivity index (χ2n) is 3.09. The number of nitrogens with one attached hydrogen (secondary N) is 1. The lowest BCUT2D eigenvalue weighted by Crippen LogP contribution is -2.38. The zero-order valence-electron chi connectivity index (χ0n) is 8.37. The van der Waals surface area contributed by atoms with Gasteiger partial charge in [-0.05, 0) is 41.6 Å². The summed E-state index contributed by atoms with van der Waals surface area (Å²) in [4.78, 5) is 11.7. The van der Waals surface area contributed by atoms with Gasteiger partial charge in [0.2, 0.25) is 0 Å². The first kappa shape index (κ1) is 14.7. The number of amides is 1. The van der Waals surface area contributed by atoms with Gasteiger partial charge in [0.15, 0.2) is 0 Å². The summed E-state index contributed by atoms with van der Waals surface area (Å²) in [5, 5.41) is 2.82. The van der Waals surface area contributed by atoms with Gasteiger partial charge in [-0.2, -0.15) is 0 Å². The van der Waals surface area contributed by atoms with Crippen LogP contribution in [0.3, 0.4) is 0 Å². The number of nitrogens with two attached hydrogens (primary N) is 1. The van der Waals surface area contributed by atoms with Crippen molar-refractivity contribution in [3.05, 3.63) is 33.4 Å². The van der Waals surface area contributed by atoms with Gasteiger partial charge < -0.3 is 11.1 Å². The number of hydrogen-bond donors (Lipinski definition) is 2. The Kier molecular flexibility index (Phi) is 6.87. The lowest BCUT2D eigenvalue weighted by molar-refractivity contribution is 0.0940. The maximum absolute atomic E-state index is 11.7. The van der Waals surface area contributed by atoms with Crippen LogP contribution in [0, 0.1) is 3.57 Å². The van der Waals surface area contributed by atoms with Crippen molar-refractivity contribution in [1.29, 1.82) is 0 Å². The molecule has 0 spiro atoms. The van der Waals surface area contributed by atoms with Crippen molar-refractivity contribution in [3.8, 4) is 0 Å². The minimum atomic E-state index is -0.0621. The average molecular weight is 341 g/mol. The Balaban J connectivity index is 0.00000196. The minimum Gasteiger partial charge on any atom is -0.348 e. The van der Waals surface area contributed by atoms with Crippen molar-refractivity contribution in [1.82, 2.24) is 5.32 Å². The highest BCUT2D eigenvalue weighted by atomic mass is 127. The lowest BCUT2D eigenvalue weighted by atomic mass is 10.2. The number of carbonyl (C=O) groups excluding carboxylic acids is 1. The number of halogens is 2. The molecule has 1 rings (SSSR count). The third-order valence-corrected chi connectivity index (χ3v) is 2.79. The van der Waals surface area contributed by atoms with E-state index in [0.29, 0.717) is 12.1 Å². The van der Waals surface area contributed by atoms with Gasteiger partial charge >= 0.3 is 0 Å². The van der Waals surface area contributed by atoms with Crippen LogP contribution in [0.5, 0.6) is 0 Å². The molecular formula is C10H14ClIN2O. The van der Waals surface area contributed by atoms with Crippen LogP contribution in [-0.4, -0.2) is 18.5 Å². The molecule has 0 aromatic heterocycles. The first-order valence-corrected chi connectivity index (χ1v) is 5.48. The Bertz CT molecular complexity index is 333. The predicted octanol–water partition coefficient (Wildman–Crippen LogP) is 1.79. The molecule has 0 aliphatic rings. The fraction of sp³-hybridized carbons (Fsp3) is 0.300. The molecule has 0 radical (unpaired) electrons. The van der Waals surface area contributed by atoms with Crippen LogP contribution in [0.15, 0.2) is 24.3 Å². The fourth-order valence-corrected chi connectivity index (χ4v) is 1.64. The quantitative estimate of drug-likeness (QED) is 0.824. The third-order valence-electron chi connectivity index (χ3n) is 1.85. The van der Waals surface area contributed by atoms with Gasteiger partial charge in [-0.15, -0.1) is 12.4 Å². The smallest absolute Gasteiger partial charge is 0.252 e. The molecule has 1 atom stereocenters. The van der Waals surface area contributed by atoms with E-state index in [-0.39, 0.29) is 24.4 Å². The summed E-state index contributed by atoms with van der Waals surface area (Å²) >= 11 is 2.14. The normalized spacial score (nSPS) is 11.4. The minimum absolute atomic E-state index is 0. The van der Waals surface area contributed by atoms with Crippen LogP contribution in [0.4, 0.5) is 0 Å². The van der Waals surface area contributed by atoms with E-state index in [0.717, 1.165) is 3.57 Å². The molecule has 15 heavy (non-hydrogen) atoms. The van der Waals surface area contributed by atoms with Crippen molar-refractivity contribution >= 4 is 40.9 Å². The number of hydrogen-bond acceptors (Lipinski definition) is 2. The SMILES string of the molecule is C[C@H](CN)NC(=O)c1ccccc1I.Cl. The molecule has 0 heterocycles. The summed E-state index contributed by atoms with van der Waals surface area (Å²) in [6.45, 7) is 2.34. The molecule has 0 aliphatic heterocycles. The molecule has 0 aliphatic carbocycles. The average Bonchev–Trinajstić information content (AvgIpc) is 2.18. The monoisotopic (exact) mass is 340 g/mol. The van der Waals surface area contributed by atoms with Crippen molar-refractivity contribution in [2.45, 2.75) is 13.0 Å². The Morgan fingerprint density at radius 2 is 2.13 bits per heavy atom. The van der Waals surface area contributed by atoms with Crippen LogP contribution in [0.25, 0.3) is 0 Å². The van der Waals surface area contributed by atoms with Crippen molar-refractivity contribution in [2.24, 2.45) is 5.73 Å². The van der Waals surface area contributed by atoms with E-state index in [1.165, 1.54) is 0 Å². The summed E-state index contributed by atoms with van der Waals surface area (Å²) in [6.07, 6.45) is 0. The highest BCUT2D eigenvalue weighted by Gasteiger charge is 2.10. The first-order valence-electron chi connectivity index (χ1n) is 4.40. The van der Waals surface area contributed by atoms with E-state index in [2.05, 4.69) is 27.9 Å². The summed E-state index contributed by atoms with van der Waals surface area (Å²) in [5.74, 6) is -0.0621. The van der Waals surface area contributed by atoms with Gasteiger partial charge in [0.1, 0.15) is 0 Å². The maximum atomic E-state index is 11.7. The van der Waals surface area contributed by atoms with Gasteiger partial charge in [0.25, 0.3) is 5.91 Å². The molecule has 1 amide bonds. The van der Waals surface area contributed by atoms with Gasteiger partial charge in [0, 0.05) is 16.2 Å². The fourth-order valence-electron chi connectivity index (χ4n) is 1.01. The topological polar surface area (TPSA) is 55.1 Å². The zero-order valence-corrected chi connectivity index (χ0v) is 11.3. The van der Waals surface area contributed by atoms with Gasteiger partial charge in [-0.3, -0.25) is 4.79 Å². The predicted molar refractivity (Wildman–Crippen MR) is 72.4 cm³/mol. The molecule has 3 nitrogen and oxygen atoms in total. The second-order valence-corrected chi connectivity index (χ2v) is 4.25. The molecule has 0 fully saturated rings. The largest absolute Gasteiger partial charge is 0.348 e. The van der Waals surface area contributed by atoms with Crippen molar-refractivity contribution < 1.29 is 4.79 Å². The molecule has 84 valence electrons. The maximum Gasteiger partial charge on any atom is 0.252 e. The Labute approximate surface area is 109 Å². The number of carbonyl (C=O) groups is 1. The molecule has 5 heteroatoms. The second kappa shape index (κ2) is 7.03. The van der Waals surface area contributed by atoms with Crippen LogP contribution >= 0.6 is 35.0 Å². The molecule has 0 unspecified atom stereocenters. The van der Waals surface area contributed by atoms with Gasteiger partial charge in [-0.1, -0.05) is 12.1 Å². The van der Waals surface area contributed by atoms with Crippen molar-refractivity contribution in [2.75, 3.05) is 6.54 Å². The standard InChI is InChI=1S/C10H13IN2O.ClH/c1-7(6-12)13-10(14)8-4-2-3-5-9(8)11;/h2-5,7H,6,12H2,1H3,(H,13,14);1H/t7-;/m1./s1. The molecular weight excluding hydrogens is 326 g/mol. The van der Waals surface area contributed by atoms with Crippen molar-refractivity contribution in [3.63, 3.8) is 0 Å². The molecule has 1 aromatic carbocycles. The molecule has 0 bridgehead atoms. The number of benzene rings is 1. The molecule has 3 N–H and O–H groups in total. The Morgan fingerprint density at radius 1 is 1.53 bits per heavy atom. The van der Waals surface area contributed by atoms with E-state index >= 15 is 0 Å². The molecule has 0 saturated carbocycles.